The fraction of sp³-hybridized carbons (Fsp3) is 0.571. The molecule has 2 nitrogen and oxygen atoms in total. The molecule has 1 aromatic carbocycles. The fourth-order valence-corrected chi connectivity index (χ4v) is 1.94. The maximum atomic E-state index is 13.5. The summed E-state index contributed by atoms with van der Waals surface area (Å²) in [5, 5.41) is 10.0. The smallest absolute Gasteiger partial charge is 0.129 e. The van der Waals surface area contributed by atoms with Crippen molar-refractivity contribution in [1.82, 2.24) is 4.90 Å². The van der Waals surface area contributed by atoms with E-state index in [1.807, 2.05) is 0 Å². The Labute approximate surface area is 103 Å². The molecule has 0 aromatic heterocycles. The summed E-state index contributed by atoms with van der Waals surface area (Å²) < 4.78 is 13.5. The van der Waals surface area contributed by atoms with Gasteiger partial charge in [0.2, 0.25) is 0 Å². The van der Waals surface area contributed by atoms with Gasteiger partial charge in [-0.2, -0.15) is 0 Å². The van der Waals surface area contributed by atoms with Crippen LogP contribution in [-0.2, 0) is 0 Å². The minimum absolute atomic E-state index is 0.333. The number of rotatable bonds is 6. The summed E-state index contributed by atoms with van der Waals surface area (Å²) in [5.41, 5.74) is 0.384. The van der Waals surface area contributed by atoms with E-state index in [1.165, 1.54) is 6.07 Å². The van der Waals surface area contributed by atoms with Gasteiger partial charge in [0, 0.05) is 18.7 Å². The van der Waals surface area contributed by atoms with E-state index in [1.54, 1.807) is 18.2 Å². The predicted octanol–water partition coefficient (Wildman–Crippen LogP) is 2.84. The van der Waals surface area contributed by atoms with Crippen LogP contribution in [0.4, 0.5) is 4.39 Å². The molecule has 1 unspecified atom stereocenters. The molecule has 0 spiro atoms. The van der Waals surface area contributed by atoms with Gasteiger partial charge in [-0.25, -0.2) is 4.39 Å². The molecule has 0 radical (unpaired) electrons. The Balaban J connectivity index is 2.64. The molecule has 0 heterocycles. The van der Waals surface area contributed by atoms with Crippen LogP contribution in [0.25, 0.3) is 0 Å². The Morgan fingerprint density at radius 1 is 1.24 bits per heavy atom. The lowest BCUT2D eigenvalue weighted by atomic mass is 10.1. The Kier molecular flexibility index (Phi) is 5.59. The fourth-order valence-electron chi connectivity index (χ4n) is 1.94. The molecule has 0 saturated carbocycles. The number of aliphatic hydroxyl groups excluding tert-OH is 1. The number of likely N-dealkylation sites (N-methyl/N-ethyl adjacent to an activating group) is 1. The molecule has 0 fully saturated rings. The van der Waals surface area contributed by atoms with Gasteiger partial charge in [-0.1, -0.05) is 39.0 Å². The van der Waals surface area contributed by atoms with Gasteiger partial charge in [0.1, 0.15) is 5.82 Å². The van der Waals surface area contributed by atoms with Crippen LogP contribution >= 0.6 is 0 Å². The molecule has 0 bridgehead atoms. The number of benzene rings is 1. The van der Waals surface area contributed by atoms with Gasteiger partial charge in [-0.05, 0) is 18.5 Å². The van der Waals surface area contributed by atoms with E-state index < -0.39 is 6.10 Å². The second-order valence-electron chi connectivity index (χ2n) is 4.78. The third kappa shape index (κ3) is 4.44. The van der Waals surface area contributed by atoms with Crippen molar-refractivity contribution in [3.8, 4) is 0 Å². The highest BCUT2D eigenvalue weighted by Crippen LogP contribution is 2.18. The van der Waals surface area contributed by atoms with Crippen molar-refractivity contribution >= 4 is 0 Å². The molecule has 96 valence electrons. The normalized spacial score (nSPS) is 13.4. The maximum absolute atomic E-state index is 13.5. The number of hydrogen-bond donors (Lipinski definition) is 1. The number of hydrogen-bond acceptors (Lipinski definition) is 2. The molecule has 17 heavy (non-hydrogen) atoms. The van der Waals surface area contributed by atoms with Gasteiger partial charge >= 0.3 is 0 Å². The zero-order chi connectivity index (χ0) is 12.8. The molecule has 0 aliphatic heterocycles. The van der Waals surface area contributed by atoms with Crippen LogP contribution in [0.2, 0.25) is 0 Å². The Bertz CT molecular complexity index is 341. The Hall–Kier alpha value is -0.930. The summed E-state index contributed by atoms with van der Waals surface area (Å²) in [6, 6.07) is 6.41. The van der Waals surface area contributed by atoms with E-state index in [9.17, 15) is 9.50 Å². The Morgan fingerprint density at radius 2 is 1.88 bits per heavy atom. The average molecular weight is 239 g/mol. The lowest BCUT2D eigenvalue weighted by molar-refractivity contribution is 0.106. The van der Waals surface area contributed by atoms with Gasteiger partial charge in [-0.15, -0.1) is 0 Å². The molecule has 1 rings (SSSR count). The zero-order valence-electron chi connectivity index (χ0n) is 10.9. The molecule has 3 heteroatoms. The zero-order valence-corrected chi connectivity index (χ0v) is 10.9. The van der Waals surface area contributed by atoms with E-state index in [2.05, 4.69) is 25.7 Å². The van der Waals surface area contributed by atoms with Crippen LogP contribution in [0.3, 0.4) is 0 Å². The molecule has 1 atom stereocenters. The van der Waals surface area contributed by atoms with Crippen molar-refractivity contribution in [3.05, 3.63) is 35.6 Å². The van der Waals surface area contributed by atoms with Gasteiger partial charge in [0.25, 0.3) is 0 Å². The minimum Gasteiger partial charge on any atom is -0.387 e. The van der Waals surface area contributed by atoms with Crippen LogP contribution in [0.15, 0.2) is 24.3 Å². The van der Waals surface area contributed by atoms with Gasteiger partial charge in [0.15, 0.2) is 0 Å². The van der Waals surface area contributed by atoms with Gasteiger partial charge in [0.05, 0.1) is 6.10 Å². The van der Waals surface area contributed by atoms with Crippen molar-refractivity contribution in [2.24, 2.45) is 5.92 Å². The molecule has 0 saturated heterocycles. The molecular weight excluding hydrogens is 217 g/mol. The van der Waals surface area contributed by atoms with E-state index in [0.29, 0.717) is 18.0 Å². The first-order chi connectivity index (χ1) is 8.04. The van der Waals surface area contributed by atoms with Gasteiger partial charge in [-0.3, -0.25) is 0 Å². The maximum Gasteiger partial charge on any atom is 0.129 e. The second-order valence-corrected chi connectivity index (χ2v) is 4.78. The highest BCUT2D eigenvalue weighted by atomic mass is 19.1. The summed E-state index contributed by atoms with van der Waals surface area (Å²) in [7, 11) is 0. The third-order valence-corrected chi connectivity index (χ3v) is 2.77. The first kappa shape index (κ1) is 14.1. The van der Waals surface area contributed by atoms with Gasteiger partial charge < -0.3 is 10.0 Å². The van der Waals surface area contributed by atoms with Crippen LogP contribution in [0, 0.1) is 11.7 Å². The average Bonchev–Trinajstić information content (AvgIpc) is 2.27. The van der Waals surface area contributed by atoms with E-state index in [4.69, 9.17) is 0 Å². The molecule has 0 amide bonds. The highest BCUT2D eigenvalue weighted by molar-refractivity contribution is 5.19. The SMILES string of the molecule is CCN(CC(C)C)CC(O)c1ccccc1F. The van der Waals surface area contributed by atoms with Crippen molar-refractivity contribution in [1.29, 1.82) is 0 Å². The first-order valence-electron chi connectivity index (χ1n) is 6.19. The largest absolute Gasteiger partial charge is 0.387 e. The summed E-state index contributed by atoms with van der Waals surface area (Å²) >= 11 is 0. The molecule has 0 aliphatic carbocycles. The summed E-state index contributed by atoms with van der Waals surface area (Å²) in [6.07, 6.45) is -0.755. The molecule has 0 aliphatic rings. The van der Waals surface area contributed by atoms with Crippen LogP contribution in [0.5, 0.6) is 0 Å². The predicted molar refractivity (Wildman–Crippen MR) is 68.3 cm³/mol. The lowest BCUT2D eigenvalue weighted by Crippen LogP contribution is -2.32. The minimum atomic E-state index is -0.755. The monoisotopic (exact) mass is 239 g/mol. The van der Waals surface area contributed by atoms with E-state index in [-0.39, 0.29) is 5.82 Å². The summed E-state index contributed by atoms with van der Waals surface area (Å²) in [6.45, 7) is 8.59. The van der Waals surface area contributed by atoms with E-state index in [0.717, 1.165) is 13.1 Å². The quantitative estimate of drug-likeness (QED) is 0.825. The van der Waals surface area contributed by atoms with Crippen molar-refractivity contribution < 1.29 is 9.50 Å². The third-order valence-electron chi connectivity index (χ3n) is 2.77. The number of halogens is 1. The number of aliphatic hydroxyl groups is 1. The van der Waals surface area contributed by atoms with Crippen LogP contribution < -0.4 is 0 Å². The first-order valence-corrected chi connectivity index (χ1v) is 6.19. The highest BCUT2D eigenvalue weighted by Gasteiger charge is 2.16. The van der Waals surface area contributed by atoms with E-state index >= 15 is 0 Å². The summed E-state index contributed by atoms with van der Waals surface area (Å²) in [5.74, 6) is 0.211. The number of nitrogens with zero attached hydrogens (tertiary/aromatic N) is 1. The van der Waals surface area contributed by atoms with Crippen molar-refractivity contribution in [2.45, 2.75) is 26.9 Å². The van der Waals surface area contributed by atoms with Crippen LogP contribution in [-0.4, -0.2) is 29.6 Å². The molecule has 1 N–H and O–H groups in total. The topological polar surface area (TPSA) is 23.5 Å². The second kappa shape index (κ2) is 6.72. The Morgan fingerprint density at radius 3 is 2.41 bits per heavy atom. The molecular formula is C14H22FNO. The standard InChI is InChI=1S/C14H22FNO/c1-4-16(9-11(2)3)10-14(17)12-7-5-6-8-13(12)15/h5-8,11,14,17H,4,9-10H2,1-3H3. The van der Waals surface area contributed by atoms with Crippen LogP contribution in [0.1, 0.15) is 32.4 Å². The lowest BCUT2D eigenvalue weighted by Gasteiger charge is -2.25. The van der Waals surface area contributed by atoms with Crippen molar-refractivity contribution in [3.63, 3.8) is 0 Å². The molecule has 1 aromatic rings. The summed E-state index contributed by atoms with van der Waals surface area (Å²) in [4.78, 5) is 2.14. The van der Waals surface area contributed by atoms with Crippen molar-refractivity contribution in [2.75, 3.05) is 19.6 Å².